The van der Waals surface area contributed by atoms with Crippen molar-refractivity contribution in [3.8, 4) is 0 Å². The van der Waals surface area contributed by atoms with E-state index in [1.165, 1.54) is 24.5 Å². The molecule has 1 fully saturated rings. The first kappa shape index (κ1) is 15.6. The molecule has 0 unspecified atom stereocenters. The first-order chi connectivity index (χ1) is 11.2. The molecule has 1 aliphatic heterocycles. The molecule has 1 aromatic carbocycles. The Kier molecular flexibility index (Phi) is 4.65. The predicted molar refractivity (Wildman–Crippen MR) is 92.2 cm³/mol. The van der Waals surface area contributed by atoms with Crippen LogP contribution in [0.2, 0.25) is 0 Å². The maximum atomic E-state index is 12.7. The number of benzene rings is 1. The monoisotopic (exact) mass is 313 g/mol. The highest BCUT2D eigenvalue weighted by Gasteiger charge is 2.19. The SMILES string of the molecule is Cn1c(=O)[nH]c(N2CCCCCC2)c(Cc2ccccc2)c1=O. The van der Waals surface area contributed by atoms with Crippen molar-refractivity contribution in [3.63, 3.8) is 0 Å². The topological polar surface area (TPSA) is 58.1 Å². The van der Waals surface area contributed by atoms with Crippen molar-refractivity contribution >= 4 is 5.82 Å². The van der Waals surface area contributed by atoms with E-state index in [1.807, 2.05) is 30.3 Å². The summed E-state index contributed by atoms with van der Waals surface area (Å²) in [6.45, 7) is 1.79. The summed E-state index contributed by atoms with van der Waals surface area (Å²) in [6, 6.07) is 9.92. The molecule has 122 valence electrons. The highest BCUT2D eigenvalue weighted by Crippen LogP contribution is 2.20. The maximum Gasteiger partial charge on any atom is 0.329 e. The van der Waals surface area contributed by atoms with Gasteiger partial charge in [-0.15, -0.1) is 0 Å². The maximum absolute atomic E-state index is 12.7. The highest BCUT2D eigenvalue weighted by atomic mass is 16.2. The van der Waals surface area contributed by atoms with Crippen LogP contribution in [0.1, 0.15) is 36.8 Å². The molecule has 0 atom stereocenters. The smallest absolute Gasteiger partial charge is 0.329 e. The number of H-pyrrole nitrogens is 1. The molecular formula is C18H23N3O2. The Balaban J connectivity index is 2.06. The Hall–Kier alpha value is -2.30. The first-order valence-electron chi connectivity index (χ1n) is 8.28. The largest absolute Gasteiger partial charge is 0.358 e. The van der Waals surface area contributed by atoms with E-state index in [4.69, 9.17) is 0 Å². The fourth-order valence-electron chi connectivity index (χ4n) is 3.18. The Bertz CT molecular complexity index is 769. The quantitative estimate of drug-likeness (QED) is 0.943. The molecule has 3 rings (SSSR count). The van der Waals surface area contributed by atoms with Gasteiger partial charge >= 0.3 is 5.69 Å². The average molecular weight is 313 g/mol. The molecule has 23 heavy (non-hydrogen) atoms. The zero-order valence-electron chi connectivity index (χ0n) is 13.5. The van der Waals surface area contributed by atoms with Crippen LogP contribution in [0.5, 0.6) is 0 Å². The van der Waals surface area contributed by atoms with E-state index in [0.717, 1.165) is 31.5 Å². The van der Waals surface area contributed by atoms with Gasteiger partial charge in [-0.1, -0.05) is 43.2 Å². The van der Waals surface area contributed by atoms with Crippen molar-refractivity contribution in [1.29, 1.82) is 0 Å². The van der Waals surface area contributed by atoms with Gasteiger partial charge in [0.25, 0.3) is 5.56 Å². The summed E-state index contributed by atoms with van der Waals surface area (Å²) in [5.41, 5.74) is 1.22. The van der Waals surface area contributed by atoms with Gasteiger partial charge in [0.1, 0.15) is 5.82 Å². The summed E-state index contributed by atoms with van der Waals surface area (Å²) in [4.78, 5) is 29.8. The molecular weight excluding hydrogens is 290 g/mol. The van der Waals surface area contributed by atoms with Crippen LogP contribution in [0.25, 0.3) is 0 Å². The van der Waals surface area contributed by atoms with Crippen LogP contribution in [-0.4, -0.2) is 22.6 Å². The van der Waals surface area contributed by atoms with E-state index in [1.54, 1.807) is 0 Å². The molecule has 2 heterocycles. The van der Waals surface area contributed by atoms with Gasteiger partial charge in [-0.3, -0.25) is 14.3 Å². The first-order valence-corrected chi connectivity index (χ1v) is 8.28. The molecule has 1 saturated heterocycles. The van der Waals surface area contributed by atoms with Crippen LogP contribution in [0, 0.1) is 0 Å². The van der Waals surface area contributed by atoms with Crippen molar-refractivity contribution in [3.05, 3.63) is 62.3 Å². The number of anilines is 1. The van der Waals surface area contributed by atoms with Gasteiger partial charge in [-0.25, -0.2) is 4.79 Å². The van der Waals surface area contributed by atoms with Crippen molar-refractivity contribution < 1.29 is 0 Å². The normalized spacial score (nSPS) is 15.4. The van der Waals surface area contributed by atoms with Gasteiger partial charge < -0.3 is 4.90 Å². The Labute approximate surface area is 135 Å². The second-order valence-electron chi connectivity index (χ2n) is 6.19. The zero-order chi connectivity index (χ0) is 16.2. The number of hydrogen-bond donors (Lipinski definition) is 1. The molecule has 1 aromatic heterocycles. The predicted octanol–water partition coefficient (Wildman–Crippen LogP) is 2.04. The zero-order valence-corrected chi connectivity index (χ0v) is 13.5. The number of nitrogens with zero attached hydrogens (tertiary/aromatic N) is 2. The van der Waals surface area contributed by atoms with E-state index < -0.39 is 0 Å². The minimum absolute atomic E-state index is 0.197. The second kappa shape index (κ2) is 6.86. The molecule has 2 aromatic rings. The summed E-state index contributed by atoms with van der Waals surface area (Å²) in [7, 11) is 1.53. The van der Waals surface area contributed by atoms with Crippen LogP contribution >= 0.6 is 0 Å². The van der Waals surface area contributed by atoms with Gasteiger partial charge in [0.05, 0.1) is 5.56 Å². The van der Waals surface area contributed by atoms with Gasteiger partial charge in [0.2, 0.25) is 0 Å². The third-order valence-electron chi connectivity index (χ3n) is 4.52. The summed E-state index contributed by atoms with van der Waals surface area (Å²) in [5, 5.41) is 0. The number of nitrogens with one attached hydrogen (secondary N) is 1. The minimum atomic E-state index is -0.342. The van der Waals surface area contributed by atoms with Gasteiger partial charge in [0, 0.05) is 26.6 Å². The molecule has 5 nitrogen and oxygen atoms in total. The molecule has 1 aliphatic rings. The summed E-state index contributed by atoms with van der Waals surface area (Å²) < 4.78 is 1.17. The Morgan fingerprint density at radius 2 is 1.65 bits per heavy atom. The summed E-state index contributed by atoms with van der Waals surface area (Å²) in [6.07, 6.45) is 5.15. The van der Waals surface area contributed by atoms with Gasteiger partial charge in [-0.05, 0) is 18.4 Å². The van der Waals surface area contributed by atoms with Gasteiger partial charge in [0.15, 0.2) is 0 Å². The molecule has 0 bridgehead atoms. The van der Waals surface area contributed by atoms with Crippen LogP contribution in [0.4, 0.5) is 5.82 Å². The van der Waals surface area contributed by atoms with Crippen molar-refractivity contribution in [1.82, 2.24) is 9.55 Å². The van der Waals surface area contributed by atoms with Gasteiger partial charge in [-0.2, -0.15) is 0 Å². The number of rotatable bonds is 3. The second-order valence-corrected chi connectivity index (χ2v) is 6.19. The van der Waals surface area contributed by atoms with E-state index >= 15 is 0 Å². The number of aromatic amines is 1. The Morgan fingerprint density at radius 1 is 1.00 bits per heavy atom. The van der Waals surface area contributed by atoms with E-state index in [2.05, 4.69) is 9.88 Å². The van der Waals surface area contributed by atoms with Crippen LogP contribution < -0.4 is 16.1 Å². The summed E-state index contributed by atoms with van der Waals surface area (Å²) in [5.74, 6) is 0.712. The third-order valence-corrected chi connectivity index (χ3v) is 4.52. The number of hydrogen-bond acceptors (Lipinski definition) is 3. The van der Waals surface area contributed by atoms with E-state index in [9.17, 15) is 9.59 Å². The van der Waals surface area contributed by atoms with Crippen LogP contribution in [0.15, 0.2) is 39.9 Å². The minimum Gasteiger partial charge on any atom is -0.358 e. The van der Waals surface area contributed by atoms with Crippen LogP contribution in [-0.2, 0) is 13.5 Å². The van der Waals surface area contributed by atoms with Crippen molar-refractivity contribution in [2.45, 2.75) is 32.1 Å². The summed E-state index contributed by atoms with van der Waals surface area (Å²) >= 11 is 0. The lowest BCUT2D eigenvalue weighted by Gasteiger charge is -2.24. The fourth-order valence-corrected chi connectivity index (χ4v) is 3.18. The average Bonchev–Trinajstić information content (AvgIpc) is 2.85. The lowest BCUT2D eigenvalue weighted by molar-refractivity contribution is 0.718. The van der Waals surface area contributed by atoms with E-state index in [0.29, 0.717) is 17.8 Å². The molecule has 0 radical (unpaired) electrons. The molecule has 0 aliphatic carbocycles. The Morgan fingerprint density at radius 3 is 2.30 bits per heavy atom. The highest BCUT2D eigenvalue weighted by molar-refractivity contribution is 5.48. The standard InChI is InChI=1S/C18H23N3O2/c1-20-17(22)15(13-14-9-5-4-6-10-14)16(19-18(20)23)21-11-7-2-3-8-12-21/h4-6,9-10H,2-3,7-8,11-13H2,1H3,(H,19,23). The molecule has 1 N–H and O–H groups in total. The van der Waals surface area contributed by atoms with Crippen molar-refractivity contribution in [2.24, 2.45) is 7.05 Å². The molecule has 0 saturated carbocycles. The third kappa shape index (κ3) is 3.38. The lowest BCUT2D eigenvalue weighted by Crippen LogP contribution is -2.39. The molecule has 5 heteroatoms. The van der Waals surface area contributed by atoms with Crippen molar-refractivity contribution in [2.75, 3.05) is 18.0 Å². The molecule has 0 amide bonds. The number of aromatic nitrogens is 2. The lowest BCUT2D eigenvalue weighted by atomic mass is 10.1. The molecule has 0 spiro atoms. The van der Waals surface area contributed by atoms with Crippen LogP contribution in [0.3, 0.4) is 0 Å². The van der Waals surface area contributed by atoms with E-state index in [-0.39, 0.29) is 11.2 Å². The fraction of sp³-hybridized carbons (Fsp3) is 0.444.